The third-order valence-corrected chi connectivity index (χ3v) is 15.8. The lowest BCUT2D eigenvalue weighted by Gasteiger charge is -2.00. The number of rotatable bonds is 4. The van der Waals surface area contributed by atoms with E-state index in [1.807, 2.05) is 0 Å². The van der Waals surface area contributed by atoms with Gasteiger partial charge in [0.25, 0.3) is 0 Å². The van der Waals surface area contributed by atoms with E-state index in [0.29, 0.717) is 0 Å². The van der Waals surface area contributed by atoms with Crippen molar-refractivity contribution in [1.82, 2.24) is 0 Å². The summed E-state index contributed by atoms with van der Waals surface area (Å²) < 4.78 is 0. The van der Waals surface area contributed by atoms with Crippen molar-refractivity contribution in [2.24, 2.45) is 5.73 Å². The third-order valence-electron chi connectivity index (χ3n) is 1.21. The molecule has 0 radical (unpaired) electrons. The van der Waals surface area contributed by atoms with E-state index in [1.165, 1.54) is 9.76 Å². The topological polar surface area (TPSA) is 46.2 Å². The second-order valence-corrected chi connectivity index (χ2v) is 17.3. The van der Waals surface area contributed by atoms with Gasteiger partial charge in [-0.05, 0) is 28.8 Å². The summed E-state index contributed by atoms with van der Waals surface area (Å²) in [5.41, 5.74) is 5.27. The average molecular weight is 165 g/mol. The van der Waals surface area contributed by atoms with Crippen LogP contribution in [0.3, 0.4) is 0 Å². The lowest BCUT2D eigenvalue weighted by Crippen LogP contribution is -2.22. The molecule has 1 unspecified atom stereocenters. The molecule has 8 heavy (non-hydrogen) atoms. The second-order valence-electron chi connectivity index (χ2n) is 1.99. The first-order chi connectivity index (χ1) is 3.81. The minimum absolute atomic E-state index is 0.0958. The highest BCUT2D eigenvalue weighted by Crippen LogP contribution is 1.88. The zero-order chi connectivity index (χ0) is 6.41. The van der Waals surface area contributed by atoms with Crippen LogP contribution in [0.15, 0.2) is 0 Å². The summed E-state index contributed by atoms with van der Waals surface area (Å²) in [5.74, 6) is 0. The standard InChI is InChI=1S/C3H15NOSi3/c4-2-1-3-8(5)7-6/h5,8H,1-4,7H2,6H3. The Hall–Kier alpha value is 0.571. The number of hydrogen-bond acceptors (Lipinski definition) is 2. The molecule has 0 aliphatic carbocycles. The van der Waals surface area contributed by atoms with Crippen LogP contribution in [0.25, 0.3) is 0 Å². The van der Waals surface area contributed by atoms with Gasteiger partial charge in [0.05, 0.1) is 0 Å². The average Bonchev–Trinajstić information content (AvgIpc) is 1.83. The van der Waals surface area contributed by atoms with Gasteiger partial charge in [0.1, 0.15) is 8.56 Å². The van der Waals surface area contributed by atoms with Gasteiger partial charge in [-0.25, -0.2) is 0 Å². The molecule has 0 saturated heterocycles. The lowest BCUT2D eigenvalue weighted by atomic mass is 10.5. The molecule has 0 heterocycles. The van der Waals surface area contributed by atoms with Crippen molar-refractivity contribution in [3.8, 4) is 0 Å². The molecular weight excluding hydrogens is 150 g/mol. The quantitative estimate of drug-likeness (QED) is 0.436. The molecule has 0 aromatic rings. The van der Waals surface area contributed by atoms with Gasteiger partial charge in [0.15, 0.2) is 0 Å². The first-order valence-corrected chi connectivity index (χ1v) is 13.4. The molecule has 0 aliphatic heterocycles. The molecule has 0 fully saturated rings. The fraction of sp³-hybridized carbons (Fsp3) is 1.00. The molecular formula is C3H15NOSi3. The molecule has 0 rings (SSSR count). The molecule has 1 atom stereocenters. The predicted molar refractivity (Wildman–Crippen MR) is 46.3 cm³/mol. The minimum Gasteiger partial charge on any atom is -0.439 e. The van der Waals surface area contributed by atoms with Crippen molar-refractivity contribution in [3.05, 3.63) is 0 Å². The van der Waals surface area contributed by atoms with Crippen molar-refractivity contribution >= 4 is 26.9 Å². The van der Waals surface area contributed by atoms with Gasteiger partial charge >= 0.3 is 0 Å². The molecule has 2 nitrogen and oxygen atoms in total. The van der Waals surface area contributed by atoms with Crippen LogP contribution in [-0.2, 0) is 0 Å². The predicted octanol–water partition coefficient (Wildman–Crippen LogP) is -3.00. The van der Waals surface area contributed by atoms with Crippen LogP contribution < -0.4 is 5.73 Å². The van der Waals surface area contributed by atoms with Gasteiger partial charge in [0, 0.05) is 8.55 Å². The van der Waals surface area contributed by atoms with Crippen molar-refractivity contribution in [1.29, 1.82) is 0 Å². The highest BCUT2D eigenvalue weighted by Gasteiger charge is 2.00. The van der Waals surface area contributed by atoms with Crippen LogP contribution in [-0.4, -0.2) is 38.2 Å². The number of nitrogens with two attached hydrogens (primary N) is 1. The molecule has 3 N–H and O–H groups in total. The second kappa shape index (κ2) is 5.70. The molecule has 0 aliphatic rings. The Morgan fingerprint density at radius 3 is 2.75 bits per heavy atom. The van der Waals surface area contributed by atoms with E-state index < -0.39 is 8.56 Å². The molecule has 50 valence electrons. The SMILES string of the molecule is NCCC[SiH](O)[SiH2][SiH3]. The molecule has 0 spiro atoms. The largest absolute Gasteiger partial charge is 0.439 e. The van der Waals surface area contributed by atoms with Gasteiger partial charge in [-0.3, -0.25) is 0 Å². The molecule has 0 aromatic carbocycles. The van der Waals surface area contributed by atoms with E-state index in [9.17, 15) is 0 Å². The summed E-state index contributed by atoms with van der Waals surface area (Å²) >= 11 is 0. The normalized spacial score (nSPS) is 15.8. The Balaban J connectivity index is 2.86. The Labute approximate surface area is 57.0 Å². The van der Waals surface area contributed by atoms with Crippen LogP contribution >= 0.6 is 0 Å². The van der Waals surface area contributed by atoms with Crippen LogP contribution in [0.1, 0.15) is 6.42 Å². The van der Waals surface area contributed by atoms with Crippen LogP contribution in [0.4, 0.5) is 0 Å². The van der Waals surface area contributed by atoms with E-state index in [4.69, 9.17) is 10.5 Å². The minimum atomic E-state index is -1.08. The zero-order valence-corrected chi connectivity index (χ0v) is 10.00. The summed E-state index contributed by atoms with van der Waals surface area (Å²) in [5, 5.41) is 0. The van der Waals surface area contributed by atoms with Gasteiger partial charge < -0.3 is 10.5 Å². The van der Waals surface area contributed by atoms with Crippen molar-refractivity contribution in [2.45, 2.75) is 12.5 Å². The van der Waals surface area contributed by atoms with Gasteiger partial charge in [-0.2, -0.15) is 0 Å². The van der Waals surface area contributed by atoms with Crippen molar-refractivity contribution in [3.63, 3.8) is 0 Å². The van der Waals surface area contributed by atoms with Gasteiger partial charge in [0.2, 0.25) is 0 Å². The molecule has 0 saturated carbocycles. The maximum atomic E-state index is 9.17. The van der Waals surface area contributed by atoms with E-state index in [1.54, 1.807) is 0 Å². The highest BCUT2D eigenvalue weighted by atomic mass is 29.5. The van der Waals surface area contributed by atoms with Crippen molar-refractivity contribution in [2.75, 3.05) is 6.54 Å². The Bertz CT molecular complexity index is 53.8. The molecule has 0 bridgehead atoms. The Morgan fingerprint density at radius 2 is 2.38 bits per heavy atom. The Morgan fingerprint density at radius 1 is 1.75 bits per heavy atom. The summed E-state index contributed by atoms with van der Waals surface area (Å²) in [4.78, 5) is 9.17. The maximum absolute atomic E-state index is 9.17. The lowest BCUT2D eigenvalue weighted by molar-refractivity contribution is 0.587. The van der Waals surface area contributed by atoms with Crippen LogP contribution in [0.5, 0.6) is 0 Å². The van der Waals surface area contributed by atoms with Gasteiger partial charge in [-0.15, -0.1) is 0 Å². The van der Waals surface area contributed by atoms with Crippen LogP contribution in [0.2, 0.25) is 6.04 Å². The first-order valence-electron chi connectivity index (χ1n) is 3.19. The van der Waals surface area contributed by atoms with Gasteiger partial charge in [-0.1, -0.05) is 0 Å². The van der Waals surface area contributed by atoms with E-state index in [-0.39, 0.29) is 8.55 Å². The maximum Gasteiger partial charge on any atom is 0.150 e. The fourth-order valence-electron chi connectivity index (χ4n) is 0.558. The molecule has 5 heteroatoms. The molecule has 0 aromatic heterocycles. The Kier molecular flexibility index (Phi) is 6.11. The van der Waals surface area contributed by atoms with Crippen LogP contribution in [0, 0.1) is 0 Å². The van der Waals surface area contributed by atoms with E-state index in [0.717, 1.165) is 19.0 Å². The summed E-state index contributed by atoms with van der Waals surface area (Å²) in [6.45, 7) is 0.764. The monoisotopic (exact) mass is 165 g/mol. The number of hydrogen-bond donors (Lipinski definition) is 2. The summed E-state index contributed by atoms with van der Waals surface area (Å²) in [6.07, 6.45) is 1.06. The fourth-order valence-corrected chi connectivity index (χ4v) is 7.44. The summed E-state index contributed by atoms with van der Waals surface area (Å²) in [7, 11) is 0.317. The van der Waals surface area contributed by atoms with E-state index >= 15 is 0 Å². The summed E-state index contributed by atoms with van der Waals surface area (Å²) in [6, 6.07) is 1.09. The molecule has 0 amide bonds. The third kappa shape index (κ3) is 4.72. The van der Waals surface area contributed by atoms with E-state index in [2.05, 4.69) is 0 Å². The zero-order valence-electron chi connectivity index (χ0n) is 5.43. The highest BCUT2D eigenvalue weighted by molar-refractivity contribution is 7.28. The van der Waals surface area contributed by atoms with Crippen molar-refractivity contribution < 1.29 is 4.80 Å². The first kappa shape index (κ1) is 8.57. The smallest absolute Gasteiger partial charge is 0.150 e.